The monoisotopic (exact) mass is 340 g/mol. The Morgan fingerprint density at radius 3 is 2.50 bits per heavy atom. The molecular formula is C13H16F4N2O2S. The molecule has 9 heteroatoms. The van der Waals surface area contributed by atoms with Crippen LogP contribution >= 0.6 is 0 Å². The van der Waals surface area contributed by atoms with Crippen molar-refractivity contribution in [2.75, 3.05) is 6.54 Å². The third-order valence-electron chi connectivity index (χ3n) is 3.62. The van der Waals surface area contributed by atoms with E-state index in [9.17, 15) is 26.0 Å². The first-order valence-electron chi connectivity index (χ1n) is 6.64. The zero-order chi connectivity index (χ0) is 16.7. The van der Waals surface area contributed by atoms with Gasteiger partial charge in [-0.1, -0.05) is 6.07 Å². The number of hydrogen-bond donors (Lipinski definition) is 1. The third kappa shape index (κ3) is 3.26. The Balaban J connectivity index is 2.51. The van der Waals surface area contributed by atoms with Gasteiger partial charge in [0.2, 0.25) is 10.0 Å². The van der Waals surface area contributed by atoms with Crippen LogP contribution in [0.5, 0.6) is 0 Å². The van der Waals surface area contributed by atoms with E-state index in [1.807, 2.05) is 0 Å². The molecule has 0 amide bonds. The molecule has 1 aromatic rings. The smallest absolute Gasteiger partial charge is 0.327 e. The first kappa shape index (κ1) is 17.2. The summed E-state index contributed by atoms with van der Waals surface area (Å²) in [6, 6.07) is 0.406. The Bertz CT molecular complexity index is 660. The fourth-order valence-electron chi connectivity index (χ4n) is 2.49. The number of alkyl halides is 3. The molecule has 2 atom stereocenters. The standard InChI is InChI=1S/C13H16F4N2O2S/c1-8-2-4-10(14)11(6-8)22(20,21)19-7-9(18)3-5-12(19)13(15,16)17/h2,4,6,9,12H,3,5,7,18H2,1H3. The van der Waals surface area contributed by atoms with Crippen LogP contribution in [0.4, 0.5) is 17.6 Å². The van der Waals surface area contributed by atoms with Crippen molar-refractivity contribution in [1.29, 1.82) is 0 Å². The number of rotatable bonds is 2. The molecule has 0 saturated carbocycles. The maximum atomic E-state index is 13.8. The number of halogens is 4. The van der Waals surface area contributed by atoms with Crippen molar-refractivity contribution in [1.82, 2.24) is 4.31 Å². The van der Waals surface area contributed by atoms with Crippen LogP contribution < -0.4 is 5.73 Å². The molecule has 1 heterocycles. The molecule has 1 aliphatic heterocycles. The molecule has 124 valence electrons. The fraction of sp³-hybridized carbons (Fsp3) is 0.538. The fourth-order valence-corrected chi connectivity index (χ4v) is 4.34. The minimum Gasteiger partial charge on any atom is -0.327 e. The van der Waals surface area contributed by atoms with Crippen molar-refractivity contribution in [3.05, 3.63) is 29.6 Å². The summed E-state index contributed by atoms with van der Waals surface area (Å²) < 4.78 is 78.4. The summed E-state index contributed by atoms with van der Waals surface area (Å²) in [6.45, 7) is 1.04. The Hall–Kier alpha value is -1.19. The average Bonchev–Trinajstić information content (AvgIpc) is 2.40. The van der Waals surface area contributed by atoms with Crippen molar-refractivity contribution in [2.45, 2.75) is 42.9 Å². The molecule has 1 saturated heterocycles. The number of hydrogen-bond acceptors (Lipinski definition) is 3. The second-order valence-electron chi connectivity index (χ2n) is 5.40. The second kappa shape index (κ2) is 5.78. The minimum atomic E-state index is -4.73. The van der Waals surface area contributed by atoms with Crippen LogP contribution in [-0.4, -0.2) is 37.5 Å². The van der Waals surface area contributed by atoms with Gasteiger partial charge in [-0.25, -0.2) is 12.8 Å². The highest BCUT2D eigenvalue weighted by atomic mass is 32.2. The Morgan fingerprint density at radius 1 is 1.27 bits per heavy atom. The van der Waals surface area contributed by atoms with E-state index in [4.69, 9.17) is 5.73 Å². The predicted octanol–water partition coefficient (Wildman–Crippen LogP) is 2.18. The van der Waals surface area contributed by atoms with Crippen molar-refractivity contribution >= 4 is 10.0 Å². The summed E-state index contributed by atoms with van der Waals surface area (Å²) in [5.41, 5.74) is 6.04. The lowest BCUT2D eigenvalue weighted by molar-refractivity contribution is -0.178. The third-order valence-corrected chi connectivity index (χ3v) is 5.51. The van der Waals surface area contributed by atoms with Gasteiger partial charge < -0.3 is 5.73 Å². The van der Waals surface area contributed by atoms with Crippen molar-refractivity contribution in [2.24, 2.45) is 5.73 Å². The Morgan fingerprint density at radius 2 is 1.91 bits per heavy atom. The van der Waals surface area contributed by atoms with Crippen LogP contribution in [0.1, 0.15) is 18.4 Å². The van der Waals surface area contributed by atoms with Gasteiger partial charge in [0.1, 0.15) is 16.8 Å². The first-order chi connectivity index (χ1) is 10.0. The lowest BCUT2D eigenvalue weighted by atomic mass is 10.0. The van der Waals surface area contributed by atoms with Crippen LogP contribution in [0.25, 0.3) is 0 Å². The van der Waals surface area contributed by atoms with Crippen LogP contribution in [-0.2, 0) is 10.0 Å². The summed E-state index contributed by atoms with van der Waals surface area (Å²) in [5.74, 6) is -1.08. The van der Waals surface area contributed by atoms with Crippen LogP contribution in [0.2, 0.25) is 0 Å². The molecule has 0 spiro atoms. The zero-order valence-electron chi connectivity index (χ0n) is 11.8. The van der Waals surface area contributed by atoms with Crippen LogP contribution in [0, 0.1) is 12.7 Å². The summed E-state index contributed by atoms with van der Waals surface area (Å²) in [6.07, 6.45) is -5.10. The highest BCUT2D eigenvalue weighted by molar-refractivity contribution is 7.89. The van der Waals surface area contributed by atoms with E-state index in [0.717, 1.165) is 12.1 Å². The normalized spacial score (nSPS) is 24.5. The van der Waals surface area contributed by atoms with Crippen LogP contribution in [0.15, 0.2) is 23.1 Å². The first-order valence-corrected chi connectivity index (χ1v) is 8.08. The van der Waals surface area contributed by atoms with Gasteiger partial charge in [0.25, 0.3) is 0 Å². The van der Waals surface area contributed by atoms with Gasteiger partial charge in [0.15, 0.2) is 0 Å². The van der Waals surface area contributed by atoms with Gasteiger partial charge >= 0.3 is 6.18 Å². The average molecular weight is 340 g/mol. The summed E-state index contributed by atoms with van der Waals surface area (Å²) in [4.78, 5) is -0.754. The Kier molecular flexibility index (Phi) is 4.51. The van der Waals surface area contributed by atoms with E-state index in [1.165, 1.54) is 13.0 Å². The molecule has 1 fully saturated rings. The Labute approximate surface area is 126 Å². The molecule has 2 N–H and O–H groups in total. The quantitative estimate of drug-likeness (QED) is 0.840. The number of sulfonamides is 1. The van der Waals surface area contributed by atoms with Crippen molar-refractivity contribution in [3.8, 4) is 0 Å². The molecule has 22 heavy (non-hydrogen) atoms. The molecule has 2 rings (SSSR count). The maximum Gasteiger partial charge on any atom is 0.405 e. The maximum absolute atomic E-state index is 13.8. The van der Waals surface area contributed by atoms with E-state index in [-0.39, 0.29) is 10.7 Å². The van der Waals surface area contributed by atoms with E-state index in [2.05, 4.69) is 0 Å². The van der Waals surface area contributed by atoms with Gasteiger partial charge in [0.05, 0.1) is 0 Å². The van der Waals surface area contributed by atoms with E-state index in [1.54, 1.807) is 0 Å². The number of aryl methyl sites for hydroxylation is 1. The lowest BCUT2D eigenvalue weighted by Crippen LogP contribution is -2.56. The predicted molar refractivity (Wildman–Crippen MR) is 72.1 cm³/mol. The molecule has 0 aliphatic carbocycles. The number of nitrogens with two attached hydrogens (primary N) is 1. The van der Waals surface area contributed by atoms with Gasteiger partial charge in [-0.2, -0.15) is 17.5 Å². The molecule has 0 radical (unpaired) electrons. The SMILES string of the molecule is Cc1ccc(F)c(S(=O)(=O)N2CC(N)CCC2C(F)(F)F)c1. The van der Waals surface area contributed by atoms with Gasteiger partial charge in [-0.3, -0.25) is 0 Å². The van der Waals surface area contributed by atoms with Crippen molar-refractivity contribution in [3.63, 3.8) is 0 Å². The number of piperidine rings is 1. The second-order valence-corrected chi connectivity index (χ2v) is 7.26. The molecular weight excluding hydrogens is 324 g/mol. The highest BCUT2D eigenvalue weighted by Gasteiger charge is 2.50. The van der Waals surface area contributed by atoms with E-state index >= 15 is 0 Å². The number of nitrogens with zero attached hydrogens (tertiary/aromatic N) is 1. The molecule has 0 aromatic heterocycles. The van der Waals surface area contributed by atoms with Gasteiger partial charge in [0, 0.05) is 12.6 Å². The van der Waals surface area contributed by atoms with Gasteiger partial charge in [-0.05, 0) is 37.5 Å². The number of benzene rings is 1. The summed E-state index contributed by atoms with van der Waals surface area (Å²) in [5, 5.41) is 0. The molecule has 1 aliphatic rings. The molecule has 1 aromatic carbocycles. The lowest BCUT2D eigenvalue weighted by Gasteiger charge is -2.38. The van der Waals surface area contributed by atoms with E-state index in [0.29, 0.717) is 5.56 Å². The van der Waals surface area contributed by atoms with Crippen molar-refractivity contribution < 1.29 is 26.0 Å². The van der Waals surface area contributed by atoms with Crippen LogP contribution in [0.3, 0.4) is 0 Å². The summed E-state index contributed by atoms with van der Waals surface area (Å²) >= 11 is 0. The molecule has 4 nitrogen and oxygen atoms in total. The van der Waals surface area contributed by atoms with E-state index < -0.39 is 52.0 Å². The molecule has 0 bridgehead atoms. The van der Waals surface area contributed by atoms with Gasteiger partial charge in [-0.15, -0.1) is 0 Å². The molecule has 2 unspecified atom stereocenters. The topological polar surface area (TPSA) is 63.4 Å². The zero-order valence-corrected chi connectivity index (χ0v) is 12.6. The largest absolute Gasteiger partial charge is 0.405 e. The minimum absolute atomic E-state index is 0.0620. The summed E-state index contributed by atoms with van der Waals surface area (Å²) in [7, 11) is -4.62. The highest BCUT2D eigenvalue weighted by Crippen LogP contribution is 2.35.